The van der Waals surface area contributed by atoms with Gasteiger partial charge in [-0.15, -0.1) is 0 Å². The molecular weight excluding hydrogens is 92.1 g/mol. The van der Waals surface area contributed by atoms with E-state index in [-0.39, 0.29) is 9.76 Å². The molecule has 0 amide bonds. The first-order chi connectivity index (χ1) is 2.91. The van der Waals surface area contributed by atoms with Gasteiger partial charge < -0.3 is 4.43 Å². The minimum atomic E-state index is -0.196. The van der Waals surface area contributed by atoms with Crippen molar-refractivity contribution in [3.05, 3.63) is 12.8 Å². The van der Waals surface area contributed by atoms with Crippen molar-refractivity contribution in [2.75, 3.05) is 0 Å². The zero-order valence-corrected chi connectivity index (χ0v) is 5.52. The fourth-order valence-corrected chi connectivity index (χ4v) is 0.604. The molecule has 0 N–H and O–H groups in total. The van der Waals surface area contributed by atoms with Gasteiger partial charge in [0.2, 0.25) is 9.76 Å². The van der Waals surface area contributed by atoms with Crippen molar-refractivity contribution in [2.24, 2.45) is 0 Å². The van der Waals surface area contributed by atoms with E-state index in [2.05, 4.69) is 13.5 Å². The van der Waals surface area contributed by atoms with E-state index in [1.807, 2.05) is 0 Å². The molecular formula is C4H10OSi. The van der Waals surface area contributed by atoms with Gasteiger partial charge >= 0.3 is 0 Å². The molecule has 0 unspecified atom stereocenters. The van der Waals surface area contributed by atoms with Gasteiger partial charge in [0.1, 0.15) is 0 Å². The van der Waals surface area contributed by atoms with Crippen LogP contribution in [0, 0.1) is 0 Å². The number of rotatable bonds is 3. The molecule has 0 radical (unpaired) electrons. The first kappa shape index (κ1) is 5.76. The average Bonchev–Trinajstić information content (AvgIpc) is 1.61. The van der Waals surface area contributed by atoms with E-state index in [4.69, 9.17) is 4.43 Å². The van der Waals surface area contributed by atoms with Gasteiger partial charge in [0, 0.05) is 0 Å². The van der Waals surface area contributed by atoms with Crippen molar-refractivity contribution in [2.45, 2.75) is 13.0 Å². The van der Waals surface area contributed by atoms with E-state index >= 15 is 0 Å². The summed E-state index contributed by atoms with van der Waals surface area (Å²) in [4.78, 5) is 0. The molecule has 6 heavy (non-hydrogen) atoms. The van der Waals surface area contributed by atoms with Crippen LogP contribution in [0.5, 0.6) is 0 Å². The Labute approximate surface area is 41.0 Å². The summed E-state index contributed by atoms with van der Waals surface area (Å²) in [6.07, 6.45) is 1.52. The summed E-state index contributed by atoms with van der Waals surface area (Å²) in [5.41, 5.74) is 0. The lowest BCUT2D eigenvalue weighted by Gasteiger charge is -1.89. The van der Waals surface area contributed by atoms with Crippen LogP contribution >= 0.6 is 0 Å². The molecule has 0 spiro atoms. The molecule has 0 aromatic rings. The van der Waals surface area contributed by atoms with Gasteiger partial charge in [-0.2, -0.15) is 0 Å². The van der Waals surface area contributed by atoms with Crippen LogP contribution in [0.4, 0.5) is 0 Å². The Bertz CT molecular complexity index is 36.5. The van der Waals surface area contributed by atoms with Crippen molar-refractivity contribution >= 4 is 9.76 Å². The summed E-state index contributed by atoms with van der Waals surface area (Å²) in [7, 11) is -0.196. The van der Waals surface area contributed by atoms with Crippen LogP contribution < -0.4 is 0 Å². The molecule has 0 saturated heterocycles. The molecule has 0 heterocycles. The third kappa shape index (κ3) is 3.76. The largest absolute Gasteiger partial charge is 0.555 e. The highest BCUT2D eigenvalue weighted by Crippen LogP contribution is 1.74. The van der Waals surface area contributed by atoms with Gasteiger partial charge in [-0.1, -0.05) is 13.5 Å². The van der Waals surface area contributed by atoms with Crippen LogP contribution in [0.3, 0.4) is 0 Å². The van der Waals surface area contributed by atoms with E-state index in [0.29, 0.717) is 0 Å². The molecule has 0 rings (SSSR count). The summed E-state index contributed by atoms with van der Waals surface area (Å²) >= 11 is 0. The first-order valence-electron chi connectivity index (χ1n) is 2.14. The van der Waals surface area contributed by atoms with E-state index in [9.17, 15) is 0 Å². The lowest BCUT2D eigenvalue weighted by molar-refractivity contribution is 0.516. The third-order valence-corrected chi connectivity index (χ3v) is 1.32. The maximum atomic E-state index is 4.89. The summed E-state index contributed by atoms with van der Waals surface area (Å²) in [6, 6.07) is 1.20. The minimum absolute atomic E-state index is 0.196. The predicted octanol–water partition coefficient (Wildman–Crippen LogP) is 0.668. The number of hydrogen-bond acceptors (Lipinski definition) is 1. The van der Waals surface area contributed by atoms with E-state index in [1.165, 1.54) is 12.3 Å². The molecule has 1 nitrogen and oxygen atoms in total. The molecule has 0 aromatic heterocycles. The molecule has 0 aliphatic heterocycles. The van der Waals surface area contributed by atoms with Crippen LogP contribution in [-0.2, 0) is 4.43 Å². The standard InChI is InChI=1S/C4H10OSi/c1-3-5-6-4-2/h3H,1,4,6H2,2H3. The quantitative estimate of drug-likeness (QED) is 0.289. The molecule has 0 bridgehead atoms. The Kier molecular flexibility index (Phi) is 4.56. The fourth-order valence-electron chi connectivity index (χ4n) is 0.201. The van der Waals surface area contributed by atoms with Crippen LogP contribution in [0.15, 0.2) is 12.8 Å². The Morgan fingerprint density at radius 3 is 2.83 bits per heavy atom. The molecule has 0 aromatic carbocycles. The van der Waals surface area contributed by atoms with E-state index in [0.717, 1.165) is 0 Å². The molecule has 36 valence electrons. The Hall–Kier alpha value is -0.243. The van der Waals surface area contributed by atoms with Crippen molar-refractivity contribution in [3.63, 3.8) is 0 Å². The first-order valence-corrected chi connectivity index (χ1v) is 3.72. The van der Waals surface area contributed by atoms with Crippen LogP contribution in [0.25, 0.3) is 0 Å². The molecule has 0 atom stereocenters. The molecule has 0 saturated carbocycles. The average molecular weight is 102 g/mol. The fraction of sp³-hybridized carbons (Fsp3) is 0.500. The van der Waals surface area contributed by atoms with Crippen LogP contribution in [0.2, 0.25) is 6.04 Å². The molecule has 0 aliphatic rings. The van der Waals surface area contributed by atoms with Crippen molar-refractivity contribution in [1.82, 2.24) is 0 Å². The second kappa shape index (κ2) is 4.76. The summed E-state index contributed by atoms with van der Waals surface area (Å²) in [5, 5.41) is 0. The van der Waals surface area contributed by atoms with E-state index in [1.54, 1.807) is 0 Å². The predicted molar refractivity (Wildman–Crippen MR) is 30.3 cm³/mol. The van der Waals surface area contributed by atoms with Gasteiger partial charge in [-0.05, 0) is 6.04 Å². The topological polar surface area (TPSA) is 9.23 Å². The second-order valence-corrected chi connectivity index (χ2v) is 2.78. The smallest absolute Gasteiger partial charge is 0.218 e. The van der Waals surface area contributed by atoms with Gasteiger partial charge in [0.15, 0.2) is 0 Å². The molecule has 2 heteroatoms. The van der Waals surface area contributed by atoms with Gasteiger partial charge in [0.25, 0.3) is 0 Å². The van der Waals surface area contributed by atoms with Gasteiger partial charge in [-0.25, -0.2) is 0 Å². The Morgan fingerprint density at radius 2 is 2.67 bits per heavy atom. The summed E-state index contributed by atoms with van der Waals surface area (Å²) in [5.74, 6) is 0. The van der Waals surface area contributed by atoms with Crippen LogP contribution in [-0.4, -0.2) is 9.76 Å². The highest BCUT2D eigenvalue weighted by atomic mass is 28.2. The van der Waals surface area contributed by atoms with Crippen molar-refractivity contribution < 1.29 is 4.43 Å². The lowest BCUT2D eigenvalue weighted by atomic mass is 11.0. The maximum Gasteiger partial charge on any atom is 0.218 e. The van der Waals surface area contributed by atoms with Crippen molar-refractivity contribution in [1.29, 1.82) is 0 Å². The minimum Gasteiger partial charge on any atom is -0.555 e. The maximum absolute atomic E-state index is 4.89. The molecule has 0 fully saturated rings. The van der Waals surface area contributed by atoms with Crippen LogP contribution in [0.1, 0.15) is 6.92 Å². The Morgan fingerprint density at radius 1 is 2.00 bits per heavy atom. The van der Waals surface area contributed by atoms with Gasteiger partial charge in [0.05, 0.1) is 6.26 Å². The zero-order chi connectivity index (χ0) is 4.83. The Balaban J connectivity index is 2.49. The number of hydrogen-bond donors (Lipinski definition) is 0. The summed E-state index contributed by atoms with van der Waals surface area (Å²) in [6.45, 7) is 5.53. The SMILES string of the molecule is C=CO[SiH2]CC. The highest BCUT2D eigenvalue weighted by molar-refractivity contribution is 6.27. The third-order valence-electron chi connectivity index (χ3n) is 0.440. The monoisotopic (exact) mass is 102 g/mol. The lowest BCUT2D eigenvalue weighted by Crippen LogP contribution is -1.85. The normalized spacial score (nSPS) is 9.50. The highest BCUT2D eigenvalue weighted by Gasteiger charge is 1.72. The van der Waals surface area contributed by atoms with Gasteiger partial charge in [-0.3, -0.25) is 0 Å². The second-order valence-electron chi connectivity index (χ2n) is 1.04. The summed E-state index contributed by atoms with van der Waals surface area (Å²) < 4.78 is 4.89. The molecule has 0 aliphatic carbocycles. The zero-order valence-electron chi connectivity index (χ0n) is 4.11. The van der Waals surface area contributed by atoms with Crippen molar-refractivity contribution in [3.8, 4) is 0 Å². The van der Waals surface area contributed by atoms with E-state index < -0.39 is 0 Å².